The second-order valence-electron chi connectivity index (χ2n) is 5.62. The van der Waals surface area contributed by atoms with E-state index in [0.29, 0.717) is 6.54 Å². The summed E-state index contributed by atoms with van der Waals surface area (Å²) >= 11 is 1.71. The van der Waals surface area contributed by atoms with Gasteiger partial charge in [0.15, 0.2) is 0 Å². The largest absolute Gasteiger partial charge is 0.330 e. The molecule has 0 spiro atoms. The van der Waals surface area contributed by atoms with Crippen LogP contribution < -0.4 is 5.73 Å². The summed E-state index contributed by atoms with van der Waals surface area (Å²) in [6, 6.07) is 9.05. The van der Waals surface area contributed by atoms with Crippen molar-refractivity contribution >= 4 is 11.3 Å². The van der Waals surface area contributed by atoms with Gasteiger partial charge < -0.3 is 5.73 Å². The van der Waals surface area contributed by atoms with Crippen molar-refractivity contribution in [2.45, 2.75) is 44.4 Å². The van der Waals surface area contributed by atoms with Crippen LogP contribution in [0.4, 0.5) is 0 Å². The maximum absolute atomic E-state index is 5.58. The summed E-state index contributed by atoms with van der Waals surface area (Å²) in [5.74, 6) is 0.779. The highest BCUT2D eigenvalue weighted by Crippen LogP contribution is 2.33. The average molecular weight is 286 g/mol. The minimum absolute atomic E-state index is 0.674. The Labute approximate surface area is 125 Å². The lowest BCUT2D eigenvalue weighted by Crippen LogP contribution is -2.04. The molecule has 1 saturated carbocycles. The SMILES string of the molecule is NCCc1nc(-c2ccc(C3CCCCC3)cc2)cs1. The first kappa shape index (κ1) is 13.8. The smallest absolute Gasteiger partial charge is 0.0945 e. The van der Waals surface area contributed by atoms with E-state index in [9.17, 15) is 0 Å². The van der Waals surface area contributed by atoms with Crippen LogP contribution in [-0.2, 0) is 6.42 Å². The molecule has 2 N–H and O–H groups in total. The molecule has 3 rings (SSSR count). The van der Waals surface area contributed by atoms with E-state index in [-0.39, 0.29) is 0 Å². The molecule has 1 aliphatic rings. The predicted octanol–water partition coefficient (Wildman–Crippen LogP) is 4.36. The van der Waals surface area contributed by atoms with Crippen LogP contribution in [0.5, 0.6) is 0 Å². The quantitative estimate of drug-likeness (QED) is 0.907. The third kappa shape index (κ3) is 3.10. The number of rotatable bonds is 4. The summed E-state index contributed by atoms with van der Waals surface area (Å²) < 4.78 is 0. The minimum atomic E-state index is 0.674. The zero-order valence-corrected chi connectivity index (χ0v) is 12.7. The van der Waals surface area contributed by atoms with Gasteiger partial charge in [0.25, 0.3) is 0 Å². The minimum Gasteiger partial charge on any atom is -0.330 e. The van der Waals surface area contributed by atoms with Crippen molar-refractivity contribution in [3.63, 3.8) is 0 Å². The van der Waals surface area contributed by atoms with E-state index in [2.05, 4.69) is 34.6 Å². The zero-order valence-electron chi connectivity index (χ0n) is 11.8. The molecule has 1 fully saturated rings. The number of thiazole rings is 1. The van der Waals surface area contributed by atoms with Gasteiger partial charge in [0.2, 0.25) is 0 Å². The lowest BCUT2D eigenvalue weighted by molar-refractivity contribution is 0.443. The second-order valence-corrected chi connectivity index (χ2v) is 6.56. The molecule has 0 saturated heterocycles. The molecule has 3 heteroatoms. The van der Waals surface area contributed by atoms with Crippen LogP contribution in [0.15, 0.2) is 29.6 Å². The maximum Gasteiger partial charge on any atom is 0.0945 e. The first-order valence-corrected chi connectivity index (χ1v) is 8.49. The molecule has 1 aromatic heterocycles. The molecule has 2 aromatic rings. The number of hydrogen-bond acceptors (Lipinski definition) is 3. The highest BCUT2D eigenvalue weighted by atomic mass is 32.1. The maximum atomic E-state index is 5.58. The Hall–Kier alpha value is -1.19. The lowest BCUT2D eigenvalue weighted by atomic mass is 9.84. The van der Waals surface area contributed by atoms with Gasteiger partial charge in [-0.1, -0.05) is 43.5 Å². The van der Waals surface area contributed by atoms with Gasteiger partial charge in [0.1, 0.15) is 0 Å². The fourth-order valence-corrected chi connectivity index (χ4v) is 3.87. The summed E-state index contributed by atoms with van der Waals surface area (Å²) in [7, 11) is 0. The van der Waals surface area contributed by atoms with Crippen molar-refractivity contribution < 1.29 is 0 Å². The van der Waals surface area contributed by atoms with Crippen LogP contribution in [0, 0.1) is 0 Å². The summed E-state index contributed by atoms with van der Waals surface area (Å²) in [4.78, 5) is 4.65. The van der Waals surface area contributed by atoms with E-state index >= 15 is 0 Å². The molecule has 0 atom stereocenters. The number of nitrogens with two attached hydrogens (primary N) is 1. The van der Waals surface area contributed by atoms with Gasteiger partial charge in [-0.05, 0) is 30.9 Å². The monoisotopic (exact) mass is 286 g/mol. The normalized spacial score (nSPS) is 16.4. The molecule has 0 amide bonds. The lowest BCUT2D eigenvalue weighted by Gasteiger charge is -2.22. The molecular weight excluding hydrogens is 264 g/mol. The van der Waals surface area contributed by atoms with Crippen molar-refractivity contribution in [3.8, 4) is 11.3 Å². The number of aromatic nitrogens is 1. The van der Waals surface area contributed by atoms with Crippen LogP contribution in [-0.4, -0.2) is 11.5 Å². The van der Waals surface area contributed by atoms with Crippen molar-refractivity contribution in [3.05, 3.63) is 40.2 Å². The molecule has 20 heavy (non-hydrogen) atoms. The van der Waals surface area contributed by atoms with E-state index in [0.717, 1.165) is 23.0 Å². The fourth-order valence-electron chi connectivity index (χ4n) is 3.04. The van der Waals surface area contributed by atoms with Gasteiger partial charge in [0.05, 0.1) is 10.7 Å². The molecule has 0 unspecified atom stereocenters. The summed E-state index contributed by atoms with van der Waals surface area (Å²) in [6.07, 6.45) is 7.79. The van der Waals surface area contributed by atoms with Gasteiger partial charge in [0, 0.05) is 17.4 Å². The van der Waals surface area contributed by atoms with E-state index in [4.69, 9.17) is 5.73 Å². The van der Waals surface area contributed by atoms with Crippen LogP contribution in [0.2, 0.25) is 0 Å². The van der Waals surface area contributed by atoms with E-state index < -0.39 is 0 Å². The van der Waals surface area contributed by atoms with E-state index in [1.54, 1.807) is 11.3 Å². The third-order valence-electron chi connectivity index (χ3n) is 4.19. The first-order valence-electron chi connectivity index (χ1n) is 7.61. The van der Waals surface area contributed by atoms with Crippen molar-refractivity contribution in [1.82, 2.24) is 4.98 Å². The molecule has 0 bridgehead atoms. The van der Waals surface area contributed by atoms with E-state index in [1.807, 2.05) is 0 Å². The molecule has 0 radical (unpaired) electrons. The summed E-state index contributed by atoms with van der Waals surface area (Å²) in [5, 5.41) is 3.28. The van der Waals surface area contributed by atoms with Crippen molar-refractivity contribution in [2.24, 2.45) is 5.73 Å². The van der Waals surface area contributed by atoms with Crippen molar-refractivity contribution in [1.29, 1.82) is 0 Å². The number of hydrogen-bond donors (Lipinski definition) is 1. The first-order chi connectivity index (χ1) is 9.86. The predicted molar refractivity (Wildman–Crippen MR) is 86.1 cm³/mol. The number of benzene rings is 1. The van der Waals surface area contributed by atoms with Gasteiger partial charge in [-0.15, -0.1) is 11.3 Å². The fraction of sp³-hybridized carbons (Fsp3) is 0.471. The Kier molecular flexibility index (Phi) is 4.48. The van der Waals surface area contributed by atoms with Gasteiger partial charge in [-0.3, -0.25) is 0 Å². The molecule has 2 nitrogen and oxygen atoms in total. The van der Waals surface area contributed by atoms with Gasteiger partial charge in [-0.2, -0.15) is 0 Å². The van der Waals surface area contributed by atoms with E-state index in [1.165, 1.54) is 43.2 Å². The highest BCUT2D eigenvalue weighted by Gasteiger charge is 2.15. The number of nitrogens with zero attached hydrogens (tertiary/aromatic N) is 1. The standard InChI is InChI=1S/C17H22N2S/c18-11-10-17-19-16(12-20-17)15-8-6-14(7-9-15)13-4-2-1-3-5-13/h6-9,12-13H,1-5,10-11,18H2. The average Bonchev–Trinajstić information content (AvgIpc) is 2.97. The highest BCUT2D eigenvalue weighted by molar-refractivity contribution is 7.09. The van der Waals surface area contributed by atoms with Crippen LogP contribution >= 0.6 is 11.3 Å². The zero-order chi connectivity index (χ0) is 13.8. The molecule has 106 valence electrons. The van der Waals surface area contributed by atoms with Crippen molar-refractivity contribution in [2.75, 3.05) is 6.54 Å². The molecule has 0 aliphatic heterocycles. The Morgan fingerprint density at radius 2 is 1.85 bits per heavy atom. The Morgan fingerprint density at radius 3 is 2.55 bits per heavy atom. The summed E-state index contributed by atoms with van der Waals surface area (Å²) in [5.41, 5.74) is 9.40. The molecule has 1 aliphatic carbocycles. The Balaban J connectivity index is 1.74. The topological polar surface area (TPSA) is 38.9 Å². The Morgan fingerprint density at radius 1 is 1.10 bits per heavy atom. The third-order valence-corrected chi connectivity index (χ3v) is 5.10. The molecule has 1 heterocycles. The second kappa shape index (κ2) is 6.51. The summed E-state index contributed by atoms with van der Waals surface area (Å²) in [6.45, 7) is 0.674. The van der Waals surface area contributed by atoms with Gasteiger partial charge >= 0.3 is 0 Å². The van der Waals surface area contributed by atoms with Crippen LogP contribution in [0.3, 0.4) is 0 Å². The Bertz CT molecular complexity index is 538. The van der Waals surface area contributed by atoms with Crippen LogP contribution in [0.1, 0.15) is 48.6 Å². The molecular formula is C17H22N2S. The van der Waals surface area contributed by atoms with Gasteiger partial charge in [-0.25, -0.2) is 4.98 Å². The molecule has 1 aromatic carbocycles. The van der Waals surface area contributed by atoms with Crippen LogP contribution in [0.25, 0.3) is 11.3 Å².